The van der Waals surface area contributed by atoms with Crippen LogP contribution in [0.5, 0.6) is 0 Å². The molecule has 0 saturated carbocycles. The van der Waals surface area contributed by atoms with Crippen molar-refractivity contribution in [3.05, 3.63) is 29.3 Å². The van der Waals surface area contributed by atoms with E-state index in [1.54, 1.807) is 0 Å². The van der Waals surface area contributed by atoms with Crippen molar-refractivity contribution in [3.8, 4) is 0 Å². The zero-order valence-corrected chi connectivity index (χ0v) is 11.1. The molecule has 3 heteroatoms. The van der Waals surface area contributed by atoms with Crippen LogP contribution in [-0.2, 0) is 0 Å². The molecule has 2 atom stereocenters. The molecule has 1 N–H and O–H groups in total. The second-order valence-electron chi connectivity index (χ2n) is 5.31. The highest BCUT2D eigenvalue weighted by Gasteiger charge is 2.29. The van der Waals surface area contributed by atoms with E-state index in [2.05, 4.69) is 19.2 Å². The van der Waals surface area contributed by atoms with Crippen LogP contribution < -0.4 is 5.32 Å². The first kappa shape index (κ1) is 13.3. The van der Waals surface area contributed by atoms with Gasteiger partial charge in [-0.25, -0.2) is 8.78 Å². The lowest BCUT2D eigenvalue weighted by atomic mass is 9.85. The van der Waals surface area contributed by atoms with Crippen molar-refractivity contribution < 1.29 is 8.78 Å². The van der Waals surface area contributed by atoms with Crippen molar-refractivity contribution in [2.24, 2.45) is 5.92 Å². The van der Waals surface area contributed by atoms with Crippen LogP contribution >= 0.6 is 0 Å². The zero-order valence-electron chi connectivity index (χ0n) is 11.1. The van der Waals surface area contributed by atoms with Crippen molar-refractivity contribution in [2.75, 3.05) is 11.9 Å². The summed E-state index contributed by atoms with van der Waals surface area (Å²) in [7, 11) is 0. The van der Waals surface area contributed by atoms with Crippen LogP contribution in [0.2, 0.25) is 0 Å². The highest BCUT2D eigenvalue weighted by molar-refractivity contribution is 5.59. The molecule has 18 heavy (non-hydrogen) atoms. The molecule has 0 fully saturated rings. The summed E-state index contributed by atoms with van der Waals surface area (Å²) in [5.41, 5.74) is 1.32. The summed E-state index contributed by atoms with van der Waals surface area (Å²) in [6, 6.07) is 2.44. The molecule has 0 spiro atoms. The molecule has 0 radical (unpaired) electrons. The van der Waals surface area contributed by atoms with Gasteiger partial charge in [-0.15, -0.1) is 0 Å². The molecule has 1 heterocycles. The minimum atomic E-state index is -0.472. The van der Waals surface area contributed by atoms with E-state index in [1.807, 2.05) is 0 Å². The third-order valence-electron chi connectivity index (χ3n) is 3.93. The van der Waals surface area contributed by atoms with Crippen molar-refractivity contribution in [1.82, 2.24) is 0 Å². The number of unbranched alkanes of at least 4 members (excludes halogenated alkanes) is 2. The first-order valence-electron chi connectivity index (χ1n) is 6.86. The average Bonchev–Trinajstić information content (AvgIpc) is 2.73. The van der Waals surface area contributed by atoms with Crippen LogP contribution in [0.15, 0.2) is 12.1 Å². The van der Waals surface area contributed by atoms with Crippen LogP contribution in [0.25, 0.3) is 0 Å². The van der Waals surface area contributed by atoms with Crippen LogP contribution in [-0.4, -0.2) is 6.54 Å². The summed E-state index contributed by atoms with van der Waals surface area (Å²) >= 11 is 0. The summed E-state index contributed by atoms with van der Waals surface area (Å²) in [4.78, 5) is 0. The van der Waals surface area contributed by atoms with Gasteiger partial charge < -0.3 is 5.32 Å². The van der Waals surface area contributed by atoms with Crippen LogP contribution in [0, 0.1) is 17.6 Å². The fourth-order valence-corrected chi connectivity index (χ4v) is 2.82. The Bertz CT molecular complexity index is 417. The van der Waals surface area contributed by atoms with Crippen molar-refractivity contribution in [3.63, 3.8) is 0 Å². The Kier molecular flexibility index (Phi) is 4.20. The molecule has 1 aliphatic rings. The molecule has 0 aliphatic carbocycles. The van der Waals surface area contributed by atoms with Crippen LogP contribution in [0.4, 0.5) is 14.5 Å². The quantitative estimate of drug-likeness (QED) is 0.751. The molecule has 1 aromatic carbocycles. The van der Waals surface area contributed by atoms with Gasteiger partial charge in [0.1, 0.15) is 11.6 Å². The maximum absolute atomic E-state index is 13.6. The van der Waals surface area contributed by atoms with E-state index < -0.39 is 11.6 Å². The van der Waals surface area contributed by atoms with Gasteiger partial charge in [-0.3, -0.25) is 0 Å². The lowest BCUT2D eigenvalue weighted by Crippen LogP contribution is -2.12. The molecule has 1 nitrogen and oxygen atoms in total. The maximum atomic E-state index is 13.6. The SMILES string of the molecule is CCCCCC(C)C1CNc2c(F)cc(F)cc21. The predicted octanol–water partition coefficient (Wildman–Crippen LogP) is 4.69. The van der Waals surface area contributed by atoms with E-state index in [-0.39, 0.29) is 5.92 Å². The molecule has 2 unspecified atom stereocenters. The molecule has 1 aromatic rings. The summed E-state index contributed by atoms with van der Waals surface area (Å²) in [6.45, 7) is 5.09. The molecule has 2 rings (SSSR count). The normalized spacial score (nSPS) is 19.4. The largest absolute Gasteiger partial charge is 0.382 e. The van der Waals surface area contributed by atoms with Gasteiger partial charge in [-0.2, -0.15) is 0 Å². The molecular weight excluding hydrogens is 232 g/mol. The highest BCUT2D eigenvalue weighted by Crippen LogP contribution is 2.39. The first-order valence-corrected chi connectivity index (χ1v) is 6.86. The fraction of sp³-hybridized carbons (Fsp3) is 0.600. The van der Waals surface area contributed by atoms with E-state index >= 15 is 0 Å². The number of rotatable bonds is 5. The number of hydrogen-bond donors (Lipinski definition) is 1. The molecule has 0 bridgehead atoms. The minimum Gasteiger partial charge on any atom is -0.382 e. The first-order chi connectivity index (χ1) is 8.63. The van der Waals surface area contributed by atoms with Gasteiger partial charge in [0.25, 0.3) is 0 Å². The summed E-state index contributed by atoms with van der Waals surface area (Å²) < 4.78 is 26.9. The second kappa shape index (κ2) is 5.68. The number of anilines is 1. The monoisotopic (exact) mass is 253 g/mol. The smallest absolute Gasteiger partial charge is 0.149 e. The standard InChI is InChI=1S/C15H21F2N/c1-3-4-5-6-10(2)13-9-18-15-12(13)7-11(16)8-14(15)17/h7-8,10,13,18H,3-6,9H2,1-2H3. The summed E-state index contributed by atoms with van der Waals surface area (Å²) in [5.74, 6) is -0.234. The topological polar surface area (TPSA) is 12.0 Å². The number of nitrogens with one attached hydrogen (secondary N) is 1. The third-order valence-corrected chi connectivity index (χ3v) is 3.93. The molecule has 0 aromatic heterocycles. The van der Waals surface area contributed by atoms with E-state index in [0.717, 1.165) is 24.6 Å². The minimum absolute atomic E-state index is 0.238. The van der Waals surface area contributed by atoms with Crippen molar-refractivity contribution in [2.45, 2.75) is 45.4 Å². The molecular formula is C15H21F2N. The van der Waals surface area contributed by atoms with E-state index in [0.29, 0.717) is 11.6 Å². The Balaban J connectivity index is 2.10. The van der Waals surface area contributed by atoms with Gasteiger partial charge in [-0.05, 0) is 17.5 Å². The van der Waals surface area contributed by atoms with Crippen molar-refractivity contribution >= 4 is 5.69 Å². The second-order valence-corrected chi connectivity index (χ2v) is 5.31. The maximum Gasteiger partial charge on any atom is 0.149 e. The van der Waals surface area contributed by atoms with Crippen molar-refractivity contribution in [1.29, 1.82) is 0 Å². The van der Waals surface area contributed by atoms with Gasteiger partial charge in [0.2, 0.25) is 0 Å². The Labute approximate surface area is 108 Å². The zero-order chi connectivity index (χ0) is 13.1. The lowest BCUT2D eigenvalue weighted by molar-refractivity contribution is 0.429. The summed E-state index contributed by atoms with van der Waals surface area (Å²) in [6.07, 6.45) is 4.75. The predicted molar refractivity (Wildman–Crippen MR) is 70.9 cm³/mol. The fourth-order valence-electron chi connectivity index (χ4n) is 2.82. The van der Waals surface area contributed by atoms with Gasteiger partial charge >= 0.3 is 0 Å². The average molecular weight is 253 g/mol. The Morgan fingerprint density at radius 3 is 2.83 bits per heavy atom. The third kappa shape index (κ3) is 2.65. The number of halogens is 2. The molecule has 0 amide bonds. The van der Waals surface area contributed by atoms with Gasteiger partial charge in [0.05, 0.1) is 5.69 Å². The highest BCUT2D eigenvalue weighted by atomic mass is 19.1. The van der Waals surface area contributed by atoms with E-state index in [1.165, 1.54) is 25.3 Å². The molecule has 0 saturated heterocycles. The van der Waals surface area contributed by atoms with Gasteiger partial charge in [-0.1, -0.05) is 39.5 Å². The van der Waals surface area contributed by atoms with E-state index in [4.69, 9.17) is 0 Å². The molecule has 100 valence electrons. The molecule has 1 aliphatic heterocycles. The van der Waals surface area contributed by atoms with Crippen LogP contribution in [0.3, 0.4) is 0 Å². The number of benzene rings is 1. The van der Waals surface area contributed by atoms with Gasteiger partial charge in [0, 0.05) is 18.5 Å². The van der Waals surface area contributed by atoms with Gasteiger partial charge in [0.15, 0.2) is 0 Å². The van der Waals surface area contributed by atoms with Crippen LogP contribution in [0.1, 0.15) is 51.0 Å². The van der Waals surface area contributed by atoms with E-state index in [9.17, 15) is 8.78 Å². The lowest BCUT2D eigenvalue weighted by Gasteiger charge is -2.19. The Morgan fingerprint density at radius 1 is 1.33 bits per heavy atom. The Hall–Kier alpha value is -1.12. The summed E-state index contributed by atoms with van der Waals surface area (Å²) in [5, 5.41) is 3.08. The Morgan fingerprint density at radius 2 is 2.11 bits per heavy atom. The number of hydrogen-bond acceptors (Lipinski definition) is 1. The number of fused-ring (bicyclic) bond motifs is 1.